The molecular formula is C29H34N2O4. The van der Waals surface area contributed by atoms with Gasteiger partial charge >= 0.3 is 0 Å². The normalized spacial score (nSPS) is 19.1. The summed E-state index contributed by atoms with van der Waals surface area (Å²) in [5, 5.41) is 15.5. The standard InChI is InChI=1S/C29H34N2O4/c1-3-5-7-9-11-12-14-16-18-22-26(33)30-23-19-20-24-28(34)27(29(35)31-24)25(32)21-17-15-13-10-8-6-4-2/h3-18,21-22,24,32H,19-20,23H2,1-2H3,(H,30,33)(H,31,35)/b5-3+,6-4+,9-7+,10-8+,12-11+,15-13+,16-14+,21-17+,22-18+,27-25-. The molecule has 3 N–H and O–H groups in total. The summed E-state index contributed by atoms with van der Waals surface area (Å²) in [5.41, 5.74) is -0.241. The van der Waals surface area contributed by atoms with Crippen molar-refractivity contribution in [1.29, 1.82) is 0 Å². The number of hydrogen-bond acceptors (Lipinski definition) is 4. The molecule has 1 fully saturated rings. The molecule has 0 aromatic carbocycles. The number of Topliss-reactive ketones (excluding diaryl/α,β-unsaturated/α-hetero) is 1. The lowest BCUT2D eigenvalue weighted by molar-refractivity contribution is -0.118. The smallest absolute Gasteiger partial charge is 0.259 e. The molecule has 0 radical (unpaired) electrons. The van der Waals surface area contributed by atoms with Crippen molar-refractivity contribution >= 4 is 17.6 Å². The third kappa shape index (κ3) is 12.6. The van der Waals surface area contributed by atoms with Gasteiger partial charge < -0.3 is 15.7 Å². The van der Waals surface area contributed by atoms with E-state index >= 15 is 0 Å². The van der Waals surface area contributed by atoms with Crippen molar-refractivity contribution in [2.75, 3.05) is 6.54 Å². The molecule has 1 aliphatic heterocycles. The molecule has 0 aromatic rings. The van der Waals surface area contributed by atoms with Gasteiger partial charge in [0.05, 0.1) is 6.04 Å². The molecule has 0 aromatic heterocycles. The fourth-order valence-electron chi connectivity index (χ4n) is 2.84. The Labute approximate surface area is 207 Å². The Morgan fingerprint density at radius 2 is 1.29 bits per heavy atom. The van der Waals surface area contributed by atoms with Crippen molar-refractivity contribution in [3.05, 3.63) is 121 Å². The van der Waals surface area contributed by atoms with Crippen LogP contribution in [0.4, 0.5) is 0 Å². The summed E-state index contributed by atoms with van der Waals surface area (Å²) in [4.78, 5) is 36.5. The summed E-state index contributed by atoms with van der Waals surface area (Å²) >= 11 is 0. The molecule has 2 amide bonds. The zero-order valence-corrected chi connectivity index (χ0v) is 20.3. The van der Waals surface area contributed by atoms with Gasteiger partial charge in [0, 0.05) is 12.6 Å². The first-order chi connectivity index (χ1) is 17.0. The van der Waals surface area contributed by atoms with Crippen LogP contribution in [0.1, 0.15) is 26.7 Å². The molecule has 0 aliphatic carbocycles. The lowest BCUT2D eigenvalue weighted by atomic mass is 10.0. The fraction of sp³-hybridized carbons (Fsp3) is 0.207. The van der Waals surface area contributed by atoms with Gasteiger partial charge in [0.2, 0.25) is 5.91 Å². The van der Waals surface area contributed by atoms with Crippen LogP contribution in [0.5, 0.6) is 0 Å². The third-order valence-electron chi connectivity index (χ3n) is 4.54. The van der Waals surface area contributed by atoms with Gasteiger partial charge in [-0.3, -0.25) is 14.4 Å². The summed E-state index contributed by atoms with van der Waals surface area (Å²) in [5.74, 6) is -1.65. The maximum absolute atomic E-state index is 12.5. The second-order valence-electron chi connectivity index (χ2n) is 7.28. The maximum Gasteiger partial charge on any atom is 0.259 e. The number of amides is 2. The van der Waals surface area contributed by atoms with Crippen molar-refractivity contribution < 1.29 is 19.5 Å². The van der Waals surface area contributed by atoms with Gasteiger partial charge in [-0.2, -0.15) is 0 Å². The van der Waals surface area contributed by atoms with Gasteiger partial charge in [0.25, 0.3) is 5.91 Å². The number of aliphatic hydroxyl groups is 1. The predicted molar refractivity (Wildman–Crippen MR) is 142 cm³/mol. The second kappa shape index (κ2) is 18.3. The highest BCUT2D eigenvalue weighted by atomic mass is 16.3. The van der Waals surface area contributed by atoms with Crippen molar-refractivity contribution in [3.8, 4) is 0 Å². The topological polar surface area (TPSA) is 95.5 Å². The molecule has 1 saturated heterocycles. The number of ketones is 1. The molecule has 0 spiro atoms. The van der Waals surface area contributed by atoms with E-state index in [1.807, 2.05) is 80.7 Å². The highest BCUT2D eigenvalue weighted by Crippen LogP contribution is 2.17. The summed E-state index contributed by atoms with van der Waals surface area (Å²) in [7, 11) is 0. The van der Waals surface area contributed by atoms with E-state index in [1.54, 1.807) is 30.4 Å². The Balaban J connectivity index is 2.43. The molecule has 184 valence electrons. The first-order valence-corrected chi connectivity index (χ1v) is 11.5. The van der Waals surface area contributed by atoms with Crippen LogP contribution in [0.15, 0.2) is 121 Å². The molecule has 6 heteroatoms. The fourth-order valence-corrected chi connectivity index (χ4v) is 2.84. The predicted octanol–water partition coefficient (Wildman–Crippen LogP) is 4.81. The largest absolute Gasteiger partial charge is 0.507 e. The highest BCUT2D eigenvalue weighted by Gasteiger charge is 2.37. The Morgan fingerprint density at radius 3 is 1.83 bits per heavy atom. The van der Waals surface area contributed by atoms with Crippen LogP contribution in [-0.4, -0.2) is 35.3 Å². The minimum Gasteiger partial charge on any atom is -0.507 e. The van der Waals surface area contributed by atoms with E-state index in [2.05, 4.69) is 10.6 Å². The van der Waals surface area contributed by atoms with E-state index in [9.17, 15) is 19.5 Å². The van der Waals surface area contributed by atoms with Crippen LogP contribution in [-0.2, 0) is 14.4 Å². The van der Waals surface area contributed by atoms with Gasteiger partial charge in [-0.15, -0.1) is 0 Å². The summed E-state index contributed by atoms with van der Waals surface area (Å²) in [6, 6.07) is -0.712. The van der Waals surface area contributed by atoms with Crippen LogP contribution in [0.25, 0.3) is 0 Å². The van der Waals surface area contributed by atoms with Crippen LogP contribution >= 0.6 is 0 Å². The zero-order valence-electron chi connectivity index (χ0n) is 20.3. The number of aliphatic hydroxyl groups excluding tert-OH is 1. The highest BCUT2D eigenvalue weighted by molar-refractivity contribution is 6.27. The van der Waals surface area contributed by atoms with Crippen molar-refractivity contribution in [2.24, 2.45) is 0 Å². The molecule has 0 bridgehead atoms. The van der Waals surface area contributed by atoms with Crippen LogP contribution in [0, 0.1) is 0 Å². The van der Waals surface area contributed by atoms with E-state index in [-0.39, 0.29) is 17.2 Å². The Hall–Kier alpha value is -4.19. The molecule has 35 heavy (non-hydrogen) atoms. The van der Waals surface area contributed by atoms with Crippen molar-refractivity contribution in [1.82, 2.24) is 10.6 Å². The Kier molecular flexibility index (Phi) is 15.0. The van der Waals surface area contributed by atoms with Gasteiger partial charge in [-0.25, -0.2) is 0 Å². The lowest BCUT2D eigenvalue weighted by Crippen LogP contribution is -2.30. The Morgan fingerprint density at radius 1 is 0.800 bits per heavy atom. The average molecular weight is 475 g/mol. The molecular weight excluding hydrogens is 440 g/mol. The third-order valence-corrected chi connectivity index (χ3v) is 4.54. The molecule has 1 heterocycles. The summed E-state index contributed by atoms with van der Waals surface area (Å²) in [6.07, 6.45) is 32.6. The van der Waals surface area contributed by atoms with Crippen molar-refractivity contribution in [3.63, 3.8) is 0 Å². The molecule has 1 atom stereocenters. The number of carbonyl (C=O) groups excluding carboxylic acids is 3. The first-order valence-electron chi connectivity index (χ1n) is 11.5. The van der Waals surface area contributed by atoms with E-state index in [1.165, 1.54) is 12.2 Å². The summed E-state index contributed by atoms with van der Waals surface area (Å²) < 4.78 is 0. The molecule has 6 nitrogen and oxygen atoms in total. The van der Waals surface area contributed by atoms with E-state index in [4.69, 9.17) is 0 Å². The number of nitrogens with one attached hydrogen (secondary N) is 2. The molecule has 1 rings (SSSR count). The Bertz CT molecular complexity index is 1020. The van der Waals surface area contributed by atoms with E-state index < -0.39 is 17.7 Å². The number of rotatable bonds is 13. The number of hydrogen-bond donors (Lipinski definition) is 3. The van der Waals surface area contributed by atoms with E-state index in [0.717, 1.165) is 0 Å². The molecule has 1 unspecified atom stereocenters. The van der Waals surface area contributed by atoms with Crippen molar-refractivity contribution in [2.45, 2.75) is 32.7 Å². The first kappa shape index (κ1) is 28.8. The minimum atomic E-state index is -0.712. The molecule has 0 saturated carbocycles. The van der Waals surface area contributed by atoms with E-state index in [0.29, 0.717) is 19.4 Å². The van der Waals surface area contributed by atoms with Crippen LogP contribution in [0.3, 0.4) is 0 Å². The van der Waals surface area contributed by atoms with Gasteiger partial charge in [0.15, 0.2) is 5.78 Å². The summed E-state index contributed by atoms with van der Waals surface area (Å²) in [6.45, 7) is 4.22. The number of allylic oxidation sites excluding steroid dienone is 17. The number of carbonyl (C=O) groups is 3. The quantitative estimate of drug-likeness (QED) is 0.117. The SMILES string of the molecule is C/C=C/C=C/C=C/C=C/C=C/C(=O)NCCCC1NC(=O)/C(=C(O)/C=C/C=C/C=C/C=C/C)C1=O. The second-order valence-corrected chi connectivity index (χ2v) is 7.28. The van der Waals surface area contributed by atoms with Crippen LogP contribution < -0.4 is 10.6 Å². The average Bonchev–Trinajstić information content (AvgIpc) is 3.12. The zero-order chi connectivity index (χ0) is 25.7. The minimum absolute atomic E-state index is 0.241. The van der Waals surface area contributed by atoms with Crippen LogP contribution in [0.2, 0.25) is 0 Å². The monoisotopic (exact) mass is 474 g/mol. The van der Waals surface area contributed by atoms with Gasteiger partial charge in [-0.1, -0.05) is 97.2 Å². The van der Waals surface area contributed by atoms with Gasteiger partial charge in [-0.05, 0) is 32.8 Å². The lowest BCUT2D eigenvalue weighted by Gasteiger charge is -2.07. The maximum atomic E-state index is 12.5. The van der Waals surface area contributed by atoms with Gasteiger partial charge in [0.1, 0.15) is 11.3 Å². The molecule has 1 aliphatic rings.